The van der Waals surface area contributed by atoms with Crippen LogP contribution < -0.4 is 0 Å². The van der Waals surface area contributed by atoms with Crippen molar-refractivity contribution in [2.45, 2.75) is 45.6 Å². The Hall–Kier alpha value is -1.95. The highest BCUT2D eigenvalue weighted by molar-refractivity contribution is 6.30. The van der Waals surface area contributed by atoms with E-state index in [0.717, 1.165) is 57.0 Å². The van der Waals surface area contributed by atoms with E-state index in [0.29, 0.717) is 0 Å². The molecule has 0 unspecified atom stereocenters. The lowest BCUT2D eigenvalue weighted by Crippen LogP contribution is -2.48. The first-order valence-electron chi connectivity index (χ1n) is 11.2. The molecule has 5 nitrogen and oxygen atoms in total. The molecule has 166 valence electrons. The van der Waals surface area contributed by atoms with Gasteiger partial charge in [-0.15, -0.1) is 0 Å². The van der Waals surface area contributed by atoms with Gasteiger partial charge in [0, 0.05) is 37.4 Å². The number of carboxylic acids is 1. The molecule has 2 aromatic rings. The van der Waals surface area contributed by atoms with Gasteiger partial charge in [0.05, 0.1) is 18.2 Å². The lowest BCUT2D eigenvalue weighted by Gasteiger charge is -2.40. The van der Waals surface area contributed by atoms with Crippen LogP contribution in [0.2, 0.25) is 5.02 Å². The molecule has 0 saturated carbocycles. The number of fused-ring (bicyclic) bond motifs is 2. The third-order valence-electron chi connectivity index (χ3n) is 6.76. The minimum absolute atomic E-state index is 0.163. The van der Waals surface area contributed by atoms with Crippen LogP contribution in [0.15, 0.2) is 36.5 Å². The van der Waals surface area contributed by atoms with E-state index in [1.54, 1.807) is 0 Å². The summed E-state index contributed by atoms with van der Waals surface area (Å²) in [7, 11) is 0. The monoisotopic (exact) mass is 441 g/mol. The third kappa shape index (κ3) is 5.28. The fourth-order valence-electron chi connectivity index (χ4n) is 4.96. The van der Waals surface area contributed by atoms with Crippen molar-refractivity contribution in [3.63, 3.8) is 0 Å². The van der Waals surface area contributed by atoms with E-state index < -0.39 is 5.97 Å². The van der Waals surface area contributed by atoms with E-state index in [2.05, 4.69) is 28.0 Å². The third-order valence-corrected chi connectivity index (χ3v) is 6.99. The number of benzene rings is 1. The molecule has 6 heteroatoms. The maximum Gasteiger partial charge on any atom is 0.303 e. The first-order chi connectivity index (χ1) is 14.8. The molecule has 1 fully saturated rings. The number of aliphatic carboxylic acids is 1. The summed E-state index contributed by atoms with van der Waals surface area (Å²) in [5.74, 6) is -0.715. The lowest BCUT2D eigenvalue weighted by molar-refractivity contribution is -0.139. The Morgan fingerprint density at radius 2 is 1.90 bits per heavy atom. The summed E-state index contributed by atoms with van der Waals surface area (Å²) >= 11 is 6.32. The number of halogens is 1. The van der Waals surface area contributed by atoms with Gasteiger partial charge in [-0.05, 0) is 66.1 Å². The molecule has 1 N–H and O–H groups in total. The highest BCUT2D eigenvalue weighted by atomic mass is 35.5. The van der Waals surface area contributed by atoms with Crippen LogP contribution in [-0.2, 0) is 17.6 Å². The molecule has 1 atom stereocenters. The van der Waals surface area contributed by atoms with Gasteiger partial charge >= 0.3 is 5.97 Å². The maximum atomic E-state index is 11.1. The zero-order valence-electron chi connectivity index (χ0n) is 18.5. The molecule has 2 aliphatic rings. The van der Waals surface area contributed by atoms with Crippen molar-refractivity contribution in [3.8, 4) is 0 Å². The first-order valence-corrected chi connectivity index (χ1v) is 11.6. The molecule has 1 aliphatic heterocycles. The number of carbonyl (C=O) groups is 1. The lowest BCUT2D eigenvalue weighted by atomic mass is 9.85. The highest BCUT2D eigenvalue weighted by Crippen LogP contribution is 2.37. The fraction of sp³-hybridized carbons (Fsp3) is 0.520. The van der Waals surface area contributed by atoms with Gasteiger partial charge in [-0.1, -0.05) is 37.6 Å². The predicted octanol–water partition coefficient (Wildman–Crippen LogP) is 4.43. The van der Waals surface area contributed by atoms with E-state index in [9.17, 15) is 4.79 Å². The average Bonchev–Trinajstić information content (AvgIpc) is 2.88. The Morgan fingerprint density at radius 3 is 2.65 bits per heavy atom. The molecule has 1 aromatic carbocycles. The largest absolute Gasteiger partial charge is 0.481 e. The SMILES string of the molecule is CC(C)(CCN1CCN([C@H]2c3ccc(Cl)cc3CCc3cccnc32)CC1)CC(=O)O. The Morgan fingerprint density at radius 1 is 1.16 bits per heavy atom. The average molecular weight is 442 g/mol. The van der Waals surface area contributed by atoms with E-state index in [1.807, 2.05) is 32.2 Å². The van der Waals surface area contributed by atoms with Crippen molar-refractivity contribution in [2.24, 2.45) is 5.41 Å². The summed E-state index contributed by atoms with van der Waals surface area (Å²) in [4.78, 5) is 21.0. The molecule has 0 amide bonds. The van der Waals surface area contributed by atoms with Gasteiger partial charge in [0.1, 0.15) is 0 Å². The van der Waals surface area contributed by atoms with Gasteiger partial charge in [0.2, 0.25) is 0 Å². The molecule has 1 aromatic heterocycles. The van der Waals surface area contributed by atoms with Crippen molar-refractivity contribution >= 4 is 17.6 Å². The normalized spacial score (nSPS) is 20.0. The maximum absolute atomic E-state index is 11.1. The quantitative estimate of drug-likeness (QED) is 0.718. The van der Waals surface area contributed by atoms with E-state index in [-0.39, 0.29) is 17.9 Å². The highest BCUT2D eigenvalue weighted by Gasteiger charge is 2.32. The van der Waals surface area contributed by atoms with Gasteiger partial charge < -0.3 is 10.0 Å². The molecule has 0 bridgehead atoms. The first kappa shape index (κ1) is 22.3. The Kier molecular flexibility index (Phi) is 6.65. The summed E-state index contributed by atoms with van der Waals surface area (Å²) in [6, 6.07) is 10.7. The molecular formula is C25H32ClN3O2. The number of hydrogen-bond donors (Lipinski definition) is 1. The zero-order chi connectivity index (χ0) is 22.0. The molecule has 31 heavy (non-hydrogen) atoms. The molecule has 1 aliphatic carbocycles. The summed E-state index contributed by atoms with van der Waals surface area (Å²) in [6.45, 7) is 8.97. The van der Waals surface area contributed by atoms with Crippen LogP contribution >= 0.6 is 11.6 Å². The van der Waals surface area contributed by atoms with E-state index in [4.69, 9.17) is 21.7 Å². The summed E-state index contributed by atoms with van der Waals surface area (Å²) < 4.78 is 0. The Labute approximate surface area is 190 Å². The number of carboxylic acid groups (broad SMARTS) is 1. The Bertz CT molecular complexity index is 938. The topological polar surface area (TPSA) is 56.7 Å². The summed E-state index contributed by atoms with van der Waals surface area (Å²) in [5.41, 5.74) is 4.99. The molecule has 4 rings (SSSR count). The van der Waals surface area contributed by atoms with Crippen LogP contribution in [-0.4, -0.2) is 58.6 Å². The van der Waals surface area contributed by atoms with Gasteiger partial charge in [0.25, 0.3) is 0 Å². The second-order valence-corrected chi connectivity index (χ2v) is 10.1. The number of aryl methyl sites for hydroxylation is 2. The number of nitrogens with zero attached hydrogens (tertiary/aromatic N) is 3. The minimum atomic E-state index is -0.715. The molecule has 1 saturated heterocycles. The zero-order valence-corrected chi connectivity index (χ0v) is 19.2. The van der Waals surface area contributed by atoms with E-state index >= 15 is 0 Å². The van der Waals surface area contributed by atoms with Crippen molar-refractivity contribution < 1.29 is 9.90 Å². The van der Waals surface area contributed by atoms with Crippen LogP contribution in [0.5, 0.6) is 0 Å². The number of hydrogen-bond acceptors (Lipinski definition) is 4. The molecule has 0 radical (unpaired) electrons. The summed E-state index contributed by atoms with van der Waals surface area (Å²) in [6.07, 6.45) is 5.01. The number of piperazine rings is 1. The summed E-state index contributed by atoms with van der Waals surface area (Å²) in [5, 5.41) is 9.93. The molecular weight excluding hydrogens is 410 g/mol. The van der Waals surface area contributed by atoms with Crippen LogP contribution in [0.25, 0.3) is 0 Å². The van der Waals surface area contributed by atoms with Crippen LogP contribution in [0.4, 0.5) is 0 Å². The fourth-order valence-corrected chi connectivity index (χ4v) is 5.15. The van der Waals surface area contributed by atoms with Crippen molar-refractivity contribution in [1.29, 1.82) is 0 Å². The van der Waals surface area contributed by atoms with Crippen molar-refractivity contribution in [2.75, 3.05) is 32.7 Å². The van der Waals surface area contributed by atoms with Crippen molar-refractivity contribution in [1.82, 2.24) is 14.8 Å². The smallest absolute Gasteiger partial charge is 0.303 e. The number of aromatic nitrogens is 1. The van der Waals surface area contributed by atoms with E-state index in [1.165, 1.54) is 22.4 Å². The molecule has 0 spiro atoms. The molecule has 2 heterocycles. The van der Waals surface area contributed by atoms with Crippen LogP contribution in [0.3, 0.4) is 0 Å². The van der Waals surface area contributed by atoms with Gasteiger partial charge in [-0.3, -0.25) is 14.7 Å². The van der Waals surface area contributed by atoms with Crippen molar-refractivity contribution in [3.05, 3.63) is 63.9 Å². The van der Waals surface area contributed by atoms with Gasteiger partial charge in [-0.25, -0.2) is 0 Å². The minimum Gasteiger partial charge on any atom is -0.481 e. The Balaban J connectivity index is 1.49. The number of rotatable bonds is 6. The van der Waals surface area contributed by atoms with Gasteiger partial charge in [0.15, 0.2) is 0 Å². The number of pyridine rings is 1. The second-order valence-electron chi connectivity index (χ2n) is 9.66. The predicted molar refractivity (Wildman–Crippen MR) is 124 cm³/mol. The standard InChI is InChI=1S/C25H32ClN3O2/c1-25(2,17-22(30)31)9-11-28-12-14-29(15-13-28)24-21-8-7-20(26)16-19(21)6-5-18-4-3-10-27-23(18)24/h3-4,7-8,10,16,24H,5-6,9,11-15,17H2,1-2H3,(H,30,31)/t24-/m0/s1. The van der Waals surface area contributed by atoms with Crippen LogP contribution in [0.1, 0.15) is 55.1 Å². The van der Waals surface area contributed by atoms with Crippen LogP contribution in [0, 0.1) is 5.41 Å². The second kappa shape index (κ2) is 9.27. The van der Waals surface area contributed by atoms with Gasteiger partial charge in [-0.2, -0.15) is 0 Å².